The molecule has 3 N–H and O–H groups in total. The molecule has 5 nitrogen and oxygen atoms in total. The molecule has 0 saturated heterocycles. The molecular formula is C25H26N2O3. The maximum atomic E-state index is 12.3. The fourth-order valence-electron chi connectivity index (χ4n) is 3.05. The van der Waals surface area contributed by atoms with Gasteiger partial charge in [-0.1, -0.05) is 54.6 Å². The first-order valence-corrected chi connectivity index (χ1v) is 10.1. The Bertz CT molecular complexity index is 952. The highest BCUT2D eigenvalue weighted by molar-refractivity contribution is 5.94. The summed E-state index contributed by atoms with van der Waals surface area (Å²) in [5.41, 5.74) is 3.73. The number of phenols is 1. The average Bonchev–Trinajstić information content (AvgIpc) is 2.78. The molecule has 5 heteroatoms. The van der Waals surface area contributed by atoms with Crippen molar-refractivity contribution >= 4 is 11.8 Å². The molecule has 0 radical (unpaired) electrons. The highest BCUT2D eigenvalue weighted by Crippen LogP contribution is 2.10. The molecule has 0 unspecified atom stereocenters. The normalized spacial score (nSPS) is 10.4. The minimum atomic E-state index is -0.132. The molecule has 0 aliphatic rings. The van der Waals surface area contributed by atoms with E-state index < -0.39 is 0 Å². The molecule has 3 rings (SSSR count). The maximum absolute atomic E-state index is 12.3. The van der Waals surface area contributed by atoms with Gasteiger partial charge in [0.25, 0.3) is 5.91 Å². The molecule has 3 aromatic carbocycles. The Kier molecular flexibility index (Phi) is 7.61. The van der Waals surface area contributed by atoms with Crippen LogP contribution in [-0.4, -0.2) is 23.5 Å². The predicted octanol–water partition coefficient (Wildman–Crippen LogP) is 3.61. The summed E-state index contributed by atoms with van der Waals surface area (Å²) in [6.07, 6.45) is 1.86. The van der Waals surface area contributed by atoms with E-state index in [1.54, 1.807) is 24.3 Å². The molecule has 0 aromatic heterocycles. The minimum Gasteiger partial charge on any atom is -0.508 e. The van der Waals surface area contributed by atoms with E-state index in [4.69, 9.17) is 0 Å². The number of carbonyl (C=O) groups is 2. The van der Waals surface area contributed by atoms with Crippen LogP contribution in [0.5, 0.6) is 5.75 Å². The first-order valence-electron chi connectivity index (χ1n) is 10.1. The Labute approximate surface area is 176 Å². The molecule has 2 amide bonds. The SMILES string of the molecule is O=C(CCc1ccccc1)NCc1ccc(C(=O)NCCc2ccc(O)cc2)cc1. The average molecular weight is 402 g/mol. The lowest BCUT2D eigenvalue weighted by atomic mass is 10.1. The molecule has 0 aliphatic carbocycles. The second-order valence-electron chi connectivity index (χ2n) is 7.13. The van der Waals surface area contributed by atoms with Crippen molar-refractivity contribution in [2.24, 2.45) is 0 Å². The summed E-state index contributed by atoms with van der Waals surface area (Å²) >= 11 is 0. The van der Waals surface area contributed by atoms with Gasteiger partial charge in [0.2, 0.25) is 5.91 Å². The summed E-state index contributed by atoms with van der Waals surface area (Å²) < 4.78 is 0. The number of aromatic hydroxyl groups is 1. The summed E-state index contributed by atoms with van der Waals surface area (Å²) in [7, 11) is 0. The number of amides is 2. The van der Waals surface area contributed by atoms with Gasteiger partial charge in [-0.2, -0.15) is 0 Å². The lowest BCUT2D eigenvalue weighted by molar-refractivity contribution is -0.121. The van der Waals surface area contributed by atoms with Gasteiger partial charge in [-0.3, -0.25) is 9.59 Å². The number of benzene rings is 3. The Morgan fingerprint density at radius 2 is 1.33 bits per heavy atom. The third kappa shape index (κ3) is 6.78. The van der Waals surface area contributed by atoms with Crippen molar-refractivity contribution in [1.29, 1.82) is 0 Å². The predicted molar refractivity (Wildman–Crippen MR) is 117 cm³/mol. The van der Waals surface area contributed by atoms with E-state index in [1.165, 1.54) is 0 Å². The van der Waals surface area contributed by atoms with Gasteiger partial charge < -0.3 is 15.7 Å². The van der Waals surface area contributed by atoms with E-state index in [2.05, 4.69) is 10.6 Å². The zero-order valence-corrected chi connectivity index (χ0v) is 16.8. The van der Waals surface area contributed by atoms with E-state index >= 15 is 0 Å². The van der Waals surface area contributed by atoms with Crippen molar-refractivity contribution in [1.82, 2.24) is 10.6 Å². The third-order valence-corrected chi connectivity index (χ3v) is 4.82. The molecule has 0 saturated carbocycles. The summed E-state index contributed by atoms with van der Waals surface area (Å²) in [5, 5.41) is 15.1. The summed E-state index contributed by atoms with van der Waals surface area (Å²) in [5.74, 6) is 0.109. The highest BCUT2D eigenvalue weighted by Gasteiger charge is 2.06. The summed E-state index contributed by atoms with van der Waals surface area (Å²) in [4.78, 5) is 24.3. The first-order chi connectivity index (χ1) is 14.6. The van der Waals surface area contributed by atoms with E-state index in [9.17, 15) is 14.7 Å². The van der Waals surface area contributed by atoms with Gasteiger partial charge in [0, 0.05) is 25.1 Å². The van der Waals surface area contributed by atoms with Crippen molar-refractivity contribution in [2.45, 2.75) is 25.8 Å². The van der Waals surface area contributed by atoms with Crippen molar-refractivity contribution in [3.05, 3.63) is 101 Å². The number of nitrogens with one attached hydrogen (secondary N) is 2. The lowest BCUT2D eigenvalue weighted by Crippen LogP contribution is -2.26. The Hall–Kier alpha value is -3.60. The largest absolute Gasteiger partial charge is 0.508 e. The van der Waals surface area contributed by atoms with Crippen molar-refractivity contribution in [3.8, 4) is 5.75 Å². The van der Waals surface area contributed by atoms with E-state index in [0.29, 0.717) is 31.5 Å². The summed E-state index contributed by atoms with van der Waals surface area (Å²) in [6.45, 7) is 0.958. The monoisotopic (exact) mass is 402 g/mol. The molecule has 0 bridgehead atoms. The van der Waals surface area contributed by atoms with Gasteiger partial charge in [-0.25, -0.2) is 0 Å². The molecule has 0 spiro atoms. The van der Waals surface area contributed by atoms with Crippen LogP contribution in [0.25, 0.3) is 0 Å². The van der Waals surface area contributed by atoms with Crippen LogP contribution in [0.2, 0.25) is 0 Å². The highest BCUT2D eigenvalue weighted by atomic mass is 16.3. The number of aryl methyl sites for hydroxylation is 1. The number of rotatable bonds is 9. The number of phenolic OH excluding ortho intramolecular Hbond substituents is 1. The van der Waals surface area contributed by atoms with Crippen molar-refractivity contribution in [2.75, 3.05) is 6.54 Å². The molecule has 0 atom stereocenters. The van der Waals surface area contributed by atoms with Gasteiger partial charge in [0.15, 0.2) is 0 Å². The van der Waals surface area contributed by atoms with Crippen LogP contribution in [0.1, 0.15) is 33.5 Å². The van der Waals surface area contributed by atoms with Crippen LogP contribution >= 0.6 is 0 Å². The fraction of sp³-hybridized carbons (Fsp3) is 0.200. The standard InChI is InChI=1S/C25H26N2O3/c28-23-13-8-20(9-14-23)16-17-26-25(30)22-11-6-21(7-12-22)18-27-24(29)15-10-19-4-2-1-3-5-19/h1-9,11-14,28H,10,15-18H2,(H,26,30)(H,27,29). The van der Waals surface area contributed by atoms with E-state index in [-0.39, 0.29) is 17.6 Å². The van der Waals surface area contributed by atoms with Crippen LogP contribution < -0.4 is 10.6 Å². The van der Waals surface area contributed by atoms with Gasteiger partial charge >= 0.3 is 0 Å². The molecule has 30 heavy (non-hydrogen) atoms. The quantitative estimate of drug-likeness (QED) is 0.512. The summed E-state index contributed by atoms with van der Waals surface area (Å²) in [6, 6.07) is 24.1. The zero-order chi connectivity index (χ0) is 21.2. The van der Waals surface area contributed by atoms with Crippen molar-refractivity contribution < 1.29 is 14.7 Å². The molecule has 154 valence electrons. The second kappa shape index (κ2) is 10.8. The fourth-order valence-corrected chi connectivity index (χ4v) is 3.05. The maximum Gasteiger partial charge on any atom is 0.251 e. The smallest absolute Gasteiger partial charge is 0.251 e. The van der Waals surface area contributed by atoms with Crippen LogP contribution in [0.4, 0.5) is 0 Å². The van der Waals surface area contributed by atoms with E-state index in [1.807, 2.05) is 54.6 Å². The Morgan fingerprint density at radius 3 is 2.03 bits per heavy atom. The van der Waals surface area contributed by atoms with Crippen LogP contribution in [-0.2, 0) is 24.2 Å². The molecule has 3 aromatic rings. The zero-order valence-electron chi connectivity index (χ0n) is 16.8. The molecule has 0 aliphatic heterocycles. The van der Waals surface area contributed by atoms with E-state index in [0.717, 1.165) is 23.1 Å². The second-order valence-corrected chi connectivity index (χ2v) is 7.13. The third-order valence-electron chi connectivity index (χ3n) is 4.82. The number of carbonyl (C=O) groups excluding carboxylic acids is 2. The minimum absolute atomic E-state index is 0.00917. The number of hydrogen-bond donors (Lipinski definition) is 3. The van der Waals surface area contributed by atoms with Gasteiger partial charge in [-0.15, -0.1) is 0 Å². The topological polar surface area (TPSA) is 78.4 Å². The van der Waals surface area contributed by atoms with Crippen LogP contribution in [0.15, 0.2) is 78.9 Å². The molecule has 0 fully saturated rings. The Balaban J connectivity index is 1.38. The molecule has 0 heterocycles. The van der Waals surface area contributed by atoms with Crippen molar-refractivity contribution in [3.63, 3.8) is 0 Å². The lowest BCUT2D eigenvalue weighted by Gasteiger charge is -2.08. The first kappa shape index (κ1) is 21.1. The van der Waals surface area contributed by atoms with Gasteiger partial charge in [0.05, 0.1) is 0 Å². The molecular weight excluding hydrogens is 376 g/mol. The van der Waals surface area contributed by atoms with Gasteiger partial charge in [0.1, 0.15) is 5.75 Å². The number of hydrogen-bond acceptors (Lipinski definition) is 3. The Morgan fingerprint density at radius 1 is 0.700 bits per heavy atom. The van der Waals surface area contributed by atoms with Gasteiger partial charge in [-0.05, 0) is 53.8 Å². The van der Waals surface area contributed by atoms with Crippen LogP contribution in [0.3, 0.4) is 0 Å². The van der Waals surface area contributed by atoms with Crippen LogP contribution in [0, 0.1) is 0 Å².